The van der Waals surface area contributed by atoms with Gasteiger partial charge in [0.1, 0.15) is 5.58 Å². The molecule has 2 heterocycles. The fourth-order valence-corrected chi connectivity index (χ4v) is 2.89. The molecule has 0 saturated carbocycles. The summed E-state index contributed by atoms with van der Waals surface area (Å²) in [4.78, 5) is 0. The number of hydrogen-bond acceptors (Lipinski definition) is 4. The van der Waals surface area contributed by atoms with Gasteiger partial charge in [-0.2, -0.15) is 0 Å². The zero-order valence-corrected chi connectivity index (χ0v) is 14.9. The Balaban J connectivity index is 1.81. The molecule has 0 radical (unpaired) electrons. The van der Waals surface area contributed by atoms with Crippen molar-refractivity contribution in [2.45, 2.75) is 38.9 Å². The van der Waals surface area contributed by atoms with Crippen LogP contribution < -0.4 is 5.46 Å². The first-order valence-corrected chi connectivity index (χ1v) is 8.44. The van der Waals surface area contributed by atoms with Crippen LogP contribution in [0.2, 0.25) is 0 Å². The summed E-state index contributed by atoms with van der Waals surface area (Å²) in [7, 11) is 0.357. The molecule has 0 atom stereocenters. The molecule has 5 heteroatoms. The first kappa shape index (κ1) is 16.2. The molecule has 1 N–H and O–H groups in total. The molecule has 4 aromatic rings. The largest absolute Gasteiger partial charge is 0.460 e. The Labute approximate surface area is 146 Å². The minimum Gasteiger partial charge on any atom is -0.460 e. The minimum atomic E-state index is -0.949. The van der Waals surface area contributed by atoms with E-state index in [1.807, 2.05) is 44.2 Å². The van der Waals surface area contributed by atoms with Crippen LogP contribution in [-0.2, 0) is 4.65 Å². The lowest BCUT2D eigenvalue weighted by Crippen LogP contribution is -2.49. The van der Waals surface area contributed by atoms with E-state index in [0.717, 1.165) is 38.4 Å². The van der Waals surface area contributed by atoms with Crippen LogP contribution in [0.5, 0.6) is 0 Å². The Hall–Kier alpha value is -2.24. The highest BCUT2D eigenvalue weighted by Crippen LogP contribution is 2.33. The number of fused-ring (bicyclic) bond motifs is 5. The van der Waals surface area contributed by atoms with Gasteiger partial charge in [-0.05, 0) is 45.3 Å². The standard InChI is InChI=1S/C20H21BO4/c1-19(2,22)20(3,4)25-21-15-7-5-6-13-14-9-8-12-10-11-23-16(12)18(14)24-17(13)15/h5-11,21-22H,1-4H3. The van der Waals surface area contributed by atoms with Gasteiger partial charge in [-0.3, -0.25) is 0 Å². The van der Waals surface area contributed by atoms with Gasteiger partial charge in [0.15, 0.2) is 11.2 Å². The molecule has 2 aromatic heterocycles. The van der Waals surface area contributed by atoms with Gasteiger partial charge in [-0.25, -0.2) is 0 Å². The summed E-state index contributed by atoms with van der Waals surface area (Å²) in [6.07, 6.45) is 1.67. The predicted molar refractivity (Wildman–Crippen MR) is 102 cm³/mol. The molecule has 25 heavy (non-hydrogen) atoms. The van der Waals surface area contributed by atoms with Crippen LogP contribution in [0.1, 0.15) is 27.7 Å². The Bertz CT molecular complexity index is 1070. The van der Waals surface area contributed by atoms with E-state index in [-0.39, 0.29) is 0 Å². The van der Waals surface area contributed by atoms with Crippen LogP contribution >= 0.6 is 0 Å². The highest BCUT2D eigenvalue weighted by molar-refractivity contribution is 6.51. The van der Waals surface area contributed by atoms with Crippen LogP contribution in [0.3, 0.4) is 0 Å². The summed E-state index contributed by atoms with van der Waals surface area (Å²) in [6, 6.07) is 12.1. The van der Waals surface area contributed by atoms with Crippen molar-refractivity contribution in [3.8, 4) is 0 Å². The third-order valence-electron chi connectivity index (χ3n) is 5.23. The van der Waals surface area contributed by atoms with Gasteiger partial charge in [-0.15, -0.1) is 0 Å². The van der Waals surface area contributed by atoms with Crippen molar-refractivity contribution in [3.05, 3.63) is 42.7 Å². The molecular weight excluding hydrogens is 315 g/mol. The predicted octanol–water partition coefficient (Wildman–Crippen LogP) is 3.88. The van der Waals surface area contributed by atoms with E-state index in [1.165, 1.54) is 0 Å². The highest BCUT2D eigenvalue weighted by atomic mass is 16.5. The molecule has 4 nitrogen and oxygen atoms in total. The molecule has 0 bridgehead atoms. The fourth-order valence-electron chi connectivity index (χ4n) is 2.89. The van der Waals surface area contributed by atoms with Crippen molar-refractivity contribution in [3.63, 3.8) is 0 Å². The van der Waals surface area contributed by atoms with Crippen LogP contribution in [0.25, 0.3) is 32.9 Å². The summed E-state index contributed by atoms with van der Waals surface area (Å²) in [5.74, 6) is 0. The van der Waals surface area contributed by atoms with Crippen LogP contribution in [0, 0.1) is 0 Å². The van der Waals surface area contributed by atoms with Crippen molar-refractivity contribution in [2.75, 3.05) is 0 Å². The molecule has 0 aliphatic heterocycles. The monoisotopic (exact) mass is 336 g/mol. The molecule has 0 spiro atoms. The third kappa shape index (κ3) is 2.55. The van der Waals surface area contributed by atoms with Crippen molar-refractivity contribution in [1.82, 2.24) is 0 Å². The first-order chi connectivity index (χ1) is 11.8. The Morgan fingerprint density at radius 2 is 1.68 bits per heavy atom. The maximum atomic E-state index is 10.3. The van der Waals surface area contributed by atoms with Gasteiger partial charge < -0.3 is 18.6 Å². The minimum absolute atomic E-state index is 0.357. The lowest BCUT2D eigenvalue weighted by Gasteiger charge is -2.37. The van der Waals surface area contributed by atoms with Crippen molar-refractivity contribution < 1.29 is 18.6 Å². The first-order valence-electron chi connectivity index (χ1n) is 8.44. The van der Waals surface area contributed by atoms with Crippen molar-refractivity contribution in [2.24, 2.45) is 0 Å². The summed E-state index contributed by atoms with van der Waals surface area (Å²) >= 11 is 0. The molecule has 0 aliphatic carbocycles. The SMILES string of the molecule is CC(C)(O)C(C)(C)OBc1cccc2c1oc1c2ccc2ccoc21. The van der Waals surface area contributed by atoms with Gasteiger partial charge in [-0.1, -0.05) is 24.3 Å². The summed E-state index contributed by atoms with van der Waals surface area (Å²) in [5, 5.41) is 13.4. The van der Waals surface area contributed by atoms with E-state index in [2.05, 4.69) is 6.07 Å². The zero-order chi connectivity index (χ0) is 17.8. The molecule has 0 unspecified atom stereocenters. The number of furan rings is 2. The third-order valence-corrected chi connectivity index (χ3v) is 5.23. The molecule has 0 aliphatic rings. The molecular formula is C20H21BO4. The van der Waals surface area contributed by atoms with Crippen LogP contribution in [0.15, 0.2) is 51.5 Å². The highest BCUT2D eigenvalue weighted by Gasteiger charge is 2.35. The van der Waals surface area contributed by atoms with Gasteiger partial charge in [0.25, 0.3) is 0 Å². The van der Waals surface area contributed by atoms with Gasteiger partial charge in [0, 0.05) is 16.2 Å². The van der Waals surface area contributed by atoms with E-state index >= 15 is 0 Å². The van der Waals surface area contributed by atoms with Gasteiger partial charge >= 0.3 is 7.48 Å². The summed E-state index contributed by atoms with van der Waals surface area (Å²) < 4.78 is 17.8. The smallest absolute Gasteiger partial charge is 0.313 e. The Morgan fingerprint density at radius 3 is 2.44 bits per heavy atom. The Kier molecular flexibility index (Phi) is 3.50. The second kappa shape index (κ2) is 5.38. The summed E-state index contributed by atoms with van der Waals surface area (Å²) in [5.41, 5.74) is 1.63. The molecule has 128 valence electrons. The summed E-state index contributed by atoms with van der Waals surface area (Å²) in [6.45, 7) is 7.28. The van der Waals surface area contributed by atoms with Crippen molar-refractivity contribution >= 4 is 45.9 Å². The molecule has 2 aromatic carbocycles. The zero-order valence-electron chi connectivity index (χ0n) is 14.9. The number of hydrogen-bond donors (Lipinski definition) is 1. The molecule has 0 amide bonds. The second-order valence-corrected chi connectivity index (χ2v) is 7.54. The quantitative estimate of drug-likeness (QED) is 0.575. The number of aliphatic hydroxyl groups is 1. The van der Waals surface area contributed by atoms with E-state index in [1.54, 1.807) is 20.1 Å². The molecule has 0 saturated heterocycles. The lowest BCUT2D eigenvalue weighted by molar-refractivity contribution is -0.0893. The van der Waals surface area contributed by atoms with Gasteiger partial charge in [0.2, 0.25) is 0 Å². The van der Waals surface area contributed by atoms with E-state index in [4.69, 9.17) is 13.5 Å². The van der Waals surface area contributed by atoms with Gasteiger partial charge in [0.05, 0.1) is 17.5 Å². The molecule has 4 rings (SSSR count). The fraction of sp³-hybridized carbons (Fsp3) is 0.300. The maximum Gasteiger partial charge on any atom is 0.313 e. The van der Waals surface area contributed by atoms with Crippen molar-refractivity contribution in [1.29, 1.82) is 0 Å². The maximum absolute atomic E-state index is 10.3. The van der Waals surface area contributed by atoms with E-state index in [0.29, 0.717) is 7.48 Å². The average molecular weight is 336 g/mol. The second-order valence-electron chi connectivity index (χ2n) is 7.54. The molecule has 0 fully saturated rings. The van der Waals surface area contributed by atoms with Crippen LogP contribution in [0.4, 0.5) is 0 Å². The van der Waals surface area contributed by atoms with E-state index in [9.17, 15) is 5.11 Å². The normalized spacial score (nSPS) is 13.2. The lowest BCUT2D eigenvalue weighted by atomic mass is 9.82. The number of para-hydroxylation sites is 1. The van der Waals surface area contributed by atoms with E-state index < -0.39 is 11.2 Å². The van der Waals surface area contributed by atoms with Crippen LogP contribution in [-0.4, -0.2) is 23.8 Å². The average Bonchev–Trinajstić information content (AvgIpc) is 3.15. The number of benzene rings is 2. The number of rotatable bonds is 4. The Morgan fingerprint density at radius 1 is 0.920 bits per heavy atom. The topological polar surface area (TPSA) is 55.7 Å².